The highest BCUT2D eigenvalue weighted by Crippen LogP contribution is 2.34. The summed E-state index contributed by atoms with van der Waals surface area (Å²) in [6.45, 7) is 3.25. The van der Waals surface area contributed by atoms with Crippen LogP contribution in [0.5, 0.6) is 5.75 Å². The van der Waals surface area contributed by atoms with E-state index in [0.717, 1.165) is 21.3 Å². The van der Waals surface area contributed by atoms with Crippen molar-refractivity contribution < 1.29 is 17.9 Å². The van der Waals surface area contributed by atoms with E-state index in [2.05, 4.69) is 15.0 Å². The first kappa shape index (κ1) is 20.1. The number of aromatic nitrogens is 1. The minimum atomic E-state index is -3.44. The second kappa shape index (κ2) is 8.15. The van der Waals surface area contributed by atoms with Gasteiger partial charge in [-0.05, 0) is 41.8 Å². The molecule has 0 aliphatic heterocycles. The Hall–Kier alpha value is -2.65. The number of hydrogen-bond acceptors (Lipinski definition) is 6. The standard InChI is InChI=1S/C19H21N3O4S2/c1-4-9-28(24,25)22-16-10-13(6-8-17(16)26-3)14-5-7-15-18(11-14)27-19(21-15)20-12(2)23/h5-8,10-11,22H,4,9H2,1-3H3,(H,20,21,23). The minimum Gasteiger partial charge on any atom is -0.495 e. The Balaban J connectivity index is 1.98. The van der Waals surface area contributed by atoms with Gasteiger partial charge in [0.15, 0.2) is 5.13 Å². The third kappa shape index (κ3) is 4.60. The number of hydrogen-bond donors (Lipinski definition) is 2. The number of nitrogens with zero attached hydrogens (tertiary/aromatic N) is 1. The van der Waals surface area contributed by atoms with Crippen molar-refractivity contribution >= 4 is 48.3 Å². The molecule has 0 saturated carbocycles. The Bertz CT molecular complexity index is 1120. The molecular weight excluding hydrogens is 398 g/mol. The molecular formula is C19H21N3O4S2. The zero-order chi connectivity index (χ0) is 20.3. The predicted molar refractivity (Wildman–Crippen MR) is 114 cm³/mol. The lowest BCUT2D eigenvalue weighted by Crippen LogP contribution is -2.16. The molecule has 9 heteroatoms. The first-order chi connectivity index (χ1) is 13.3. The van der Waals surface area contributed by atoms with E-state index in [1.54, 1.807) is 12.1 Å². The summed E-state index contributed by atoms with van der Waals surface area (Å²) in [6.07, 6.45) is 0.524. The van der Waals surface area contributed by atoms with Gasteiger partial charge >= 0.3 is 0 Å². The SMILES string of the molecule is CCCS(=O)(=O)Nc1cc(-c2ccc3nc(NC(C)=O)sc3c2)ccc1OC. The van der Waals surface area contributed by atoms with Gasteiger partial charge in [0.25, 0.3) is 0 Å². The molecule has 7 nitrogen and oxygen atoms in total. The molecule has 1 aromatic heterocycles. The fourth-order valence-electron chi connectivity index (χ4n) is 2.76. The number of carbonyl (C=O) groups excluding carboxylic acids is 1. The highest BCUT2D eigenvalue weighted by Gasteiger charge is 2.14. The molecule has 0 fully saturated rings. The zero-order valence-electron chi connectivity index (χ0n) is 15.8. The van der Waals surface area contributed by atoms with Crippen molar-refractivity contribution in [3.05, 3.63) is 36.4 Å². The topological polar surface area (TPSA) is 97.4 Å². The molecule has 0 unspecified atom stereocenters. The van der Waals surface area contributed by atoms with Crippen LogP contribution in [0.15, 0.2) is 36.4 Å². The molecule has 0 spiro atoms. The number of methoxy groups -OCH3 is 1. The van der Waals surface area contributed by atoms with Crippen molar-refractivity contribution in [2.75, 3.05) is 22.9 Å². The Morgan fingerprint density at radius 1 is 1.18 bits per heavy atom. The van der Waals surface area contributed by atoms with E-state index >= 15 is 0 Å². The van der Waals surface area contributed by atoms with Crippen molar-refractivity contribution in [3.63, 3.8) is 0 Å². The summed E-state index contributed by atoms with van der Waals surface area (Å²) >= 11 is 1.38. The number of anilines is 2. The molecule has 3 aromatic rings. The number of ether oxygens (including phenoxy) is 1. The second-order valence-electron chi connectivity index (χ2n) is 6.22. The van der Waals surface area contributed by atoms with E-state index in [0.29, 0.717) is 23.0 Å². The number of benzene rings is 2. The van der Waals surface area contributed by atoms with Crippen LogP contribution in [0.3, 0.4) is 0 Å². The van der Waals surface area contributed by atoms with Crippen LogP contribution in [0.25, 0.3) is 21.3 Å². The number of amides is 1. The number of fused-ring (bicyclic) bond motifs is 1. The largest absolute Gasteiger partial charge is 0.495 e. The Labute approximate surface area is 167 Å². The Morgan fingerprint density at radius 3 is 2.57 bits per heavy atom. The van der Waals surface area contributed by atoms with Crippen LogP contribution in [0, 0.1) is 0 Å². The molecule has 2 N–H and O–H groups in total. The minimum absolute atomic E-state index is 0.0408. The smallest absolute Gasteiger partial charge is 0.232 e. The maximum atomic E-state index is 12.2. The normalized spacial score (nSPS) is 11.4. The number of carbonyl (C=O) groups is 1. The van der Waals surface area contributed by atoms with Gasteiger partial charge in [-0.3, -0.25) is 9.52 Å². The monoisotopic (exact) mass is 419 g/mol. The van der Waals surface area contributed by atoms with Crippen LogP contribution >= 0.6 is 11.3 Å². The van der Waals surface area contributed by atoms with Crippen molar-refractivity contribution in [1.82, 2.24) is 4.98 Å². The third-order valence-corrected chi connectivity index (χ3v) is 6.35. The molecule has 0 aliphatic rings. The van der Waals surface area contributed by atoms with E-state index in [4.69, 9.17) is 4.74 Å². The lowest BCUT2D eigenvalue weighted by Gasteiger charge is -2.13. The fourth-order valence-corrected chi connectivity index (χ4v) is 4.85. The average molecular weight is 420 g/mol. The van der Waals surface area contributed by atoms with E-state index < -0.39 is 10.0 Å². The highest BCUT2D eigenvalue weighted by molar-refractivity contribution is 7.92. The number of thiazole rings is 1. The summed E-state index contributed by atoms with van der Waals surface area (Å²) in [4.78, 5) is 15.6. The number of nitrogens with one attached hydrogen (secondary N) is 2. The van der Waals surface area contributed by atoms with Crippen molar-refractivity contribution in [1.29, 1.82) is 0 Å². The van der Waals surface area contributed by atoms with Crippen LogP contribution in [0.2, 0.25) is 0 Å². The molecule has 0 radical (unpaired) electrons. The average Bonchev–Trinajstić information content (AvgIpc) is 3.01. The molecule has 1 amide bonds. The quantitative estimate of drug-likeness (QED) is 0.601. The fraction of sp³-hybridized carbons (Fsp3) is 0.263. The molecule has 1 heterocycles. The van der Waals surface area contributed by atoms with Gasteiger partial charge in [-0.2, -0.15) is 0 Å². The van der Waals surface area contributed by atoms with E-state index in [1.807, 2.05) is 31.2 Å². The molecule has 148 valence electrons. The predicted octanol–water partition coefficient (Wildman–Crippen LogP) is 4.08. The van der Waals surface area contributed by atoms with Gasteiger partial charge in [-0.25, -0.2) is 13.4 Å². The molecule has 3 rings (SSSR count). The third-order valence-electron chi connectivity index (χ3n) is 3.94. The van der Waals surface area contributed by atoms with E-state index in [1.165, 1.54) is 25.4 Å². The molecule has 0 aliphatic carbocycles. The van der Waals surface area contributed by atoms with Crippen molar-refractivity contribution in [3.8, 4) is 16.9 Å². The first-order valence-corrected chi connectivity index (χ1v) is 11.2. The molecule has 0 bridgehead atoms. The number of sulfonamides is 1. The summed E-state index contributed by atoms with van der Waals surface area (Å²) in [7, 11) is -1.94. The van der Waals surface area contributed by atoms with Gasteiger partial charge in [-0.1, -0.05) is 30.4 Å². The van der Waals surface area contributed by atoms with Crippen LogP contribution in [-0.4, -0.2) is 32.2 Å². The van der Waals surface area contributed by atoms with Crippen molar-refractivity contribution in [2.45, 2.75) is 20.3 Å². The maximum Gasteiger partial charge on any atom is 0.232 e. The van der Waals surface area contributed by atoms with E-state index in [-0.39, 0.29) is 11.7 Å². The number of rotatable bonds is 7. The van der Waals surface area contributed by atoms with Crippen LogP contribution < -0.4 is 14.8 Å². The van der Waals surface area contributed by atoms with Gasteiger partial charge in [0.05, 0.1) is 28.8 Å². The van der Waals surface area contributed by atoms with Crippen LogP contribution in [-0.2, 0) is 14.8 Å². The summed E-state index contributed by atoms with van der Waals surface area (Å²) in [5, 5.41) is 3.23. The Morgan fingerprint density at radius 2 is 1.89 bits per heavy atom. The molecule has 2 aromatic carbocycles. The second-order valence-corrected chi connectivity index (χ2v) is 9.09. The van der Waals surface area contributed by atoms with Crippen LogP contribution in [0.4, 0.5) is 10.8 Å². The van der Waals surface area contributed by atoms with Gasteiger partial charge in [0, 0.05) is 6.92 Å². The zero-order valence-corrected chi connectivity index (χ0v) is 17.4. The van der Waals surface area contributed by atoms with E-state index in [9.17, 15) is 13.2 Å². The van der Waals surface area contributed by atoms with Crippen LogP contribution in [0.1, 0.15) is 20.3 Å². The van der Waals surface area contributed by atoms with Gasteiger partial charge < -0.3 is 10.1 Å². The molecule has 0 atom stereocenters. The molecule has 0 saturated heterocycles. The molecule has 28 heavy (non-hydrogen) atoms. The lowest BCUT2D eigenvalue weighted by atomic mass is 10.0. The van der Waals surface area contributed by atoms with Gasteiger partial charge in [0.2, 0.25) is 15.9 Å². The Kier molecular flexibility index (Phi) is 5.85. The summed E-state index contributed by atoms with van der Waals surface area (Å²) in [5.74, 6) is 0.327. The summed E-state index contributed by atoms with van der Waals surface area (Å²) < 4.78 is 33.2. The maximum absolute atomic E-state index is 12.2. The van der Waals surface area contributed by atoms with Gasteiger partial charge in [-0.15, -0.1) is 0 Å². The van der Waals surface area contributed by atoms with Crippen molar-refractivity contribution in [2.24, 2.45) is 0 Å². The summed E-state index contributed by atoms with van der Waals surface area (Å²) in [6, 6.07) is 11.1. The first-order valence-electron chi connectivity index (χ1n) is 8.68. The highest BCUT2D eigenvalue weighted by atomic mass is 32.2. The lowest BCUT2D eigenvalue weighted by molar-refractivity contribution is -0.114. The summed E-state index contributed by atoms with van der Waals surface area (Å²) in [5.41, 5.74) is 2.93. The van der Waals surface area contributed by atoms with Gasteiger partial charge in [0.1, 0.15) is 5.75 Å².